The predicted molar refractivity (Wildman–Crippen MR) is 108 cm³/mol. The third-order valence-corrected chi connectivity index (χ3v) is 4.73. The van der Waals surface area contributed by atoms with Crippen LogP contribution in [0.5, 0.6) is 0 Å². The number of hydrogen-bond acceptors (Lipinski definition) is 5. The second-order valence-corrected chi connectivity index (χ2v) is 9.52. The number of hydrogen-bond donors (Lipinski definition) is 0. The first-order valence-corrected chi connectivity index (χ1v) is 9.54. The van der Waals surface area contributed by atoms with Gasteiger partial charge in [0.25, 0.3) is 0 Å². The third kappa shape index (κ3) is 5.23. The first-order valence-electron chi connectivity index (χ1n) is 9.54. The van der Waals surface area contributed by atoms with Crippen molar-refractivity contribution in [3.8, 4) is 0 Å². The van der Waals surface area contributed by atoms with E-state index in [-0.39, 0.29) is 5.92 Å². The summed E-state index contributed by atoms with van der Waals surface area (Å²) in [5, 5.41) is 0. The lowest BCUT2D eigenvalue weighted by Crippen LogP contribution is -2.41. The molecule has 27 heavy (non-hydrogen) atoms. The Morgan fingerprint density at radius 2 is 1.78 bits per heavy atom. The van der Waals surface area contributed by atoms with Gasteiger partial charge >= 0.3 is 13.2 Å². The normalized spacial score (nSPS) is 18.7. The molecule has 7 heteroatoms. The average molecular weight is 376 g/mol. The molecule has 0 unspecified atom stereocenters. The van der Waals surface area contributed by atoms with E-state index in [2.05, 4.69) is 18.8 Å². The van der Waals surface area contributed by atoms with Crippen LogP contribution in [-0.2, 0) is 14.0 Å². The molecule has 1 fully saturated rings. The van der Waals surface area contributed by atoms with Crippen LogP contribution in [0.3, 0.4) is 0 Å². The van der Waals surface area contributed by atoms with E-state index in [1.54, 1.807) is 11.1 Å². The fourth-order valence-electron chi connectivity index (χ4n) is 2.65. The standard InChI is InChI=1S/C20H33BN2O4/c1-14(2)13-23(17(24)25-18(3,4)5)16-12-15(10-11-22-16)21-26-19(6,7)20(8,9)27-21/h10-12,14H,13H2,1-9H3. The number of rotatable bonds is 4. The Bertz CT molecular complexity index is 667. The van der Waals surface area contributed by atoms with Crippen LogP contribution in [0.15, 0.2) is 18.3 Å². The molecule has 0 radical (unpaired) electrons. The van der Waals surface area contributed by atoms with Crippen LogP contribution >= 0.6 is 0 Å². The summed E-state index contributed by atoms with van der Waals surface area (Å²) in [6.07, 6.45) is 1.27. The largest absolute Gasteiger partial charge is 0.495 e. The maximum absolute atomic E-state index is 12.7. The molecule has 2 rings (SSSR count). The van der Waals surface area contributed by atoms with Crippen molar-refractivity contribution in [3.05, 3.63) is 18.3 Å². The number of ether oxygens (including phenoxy) is 1. The molecule has 1 aliphatic rings. The molecule has 0 aliphatic carbocycles. The highest BCUT2D eigenvalue weighted by molar-refractivity contribution is 6.62. The van der Waals surface area contributed by atoms with E-state index in [0.29, 0.717) is 12.4 Å². The van der Waals surface area contributed by atoms with Crippen LogP contribution in [0.25, 0.3) is 0 Å². The number of aromatic nitrogens is 1. The Morgan fingerprint density at radius 3 is 2.26 bits per heavy atom. The topological polar surface area (TPSA) is 60.9 Å². The Hall–Kier alpha value is -1.60. The first-order chi connectivity index (χ1) is 12.2. The Labute approximate surface area is 163 Å². The monoisotopic (exact) mass is 376 g/mol. The Kier molecular flexibility index (Phi) is 5.98. The van der Waals surface area contributed by atoms with E-state index >= 15 is 0 Å². The van der Waals surface area contributed by atoms with Gasteiger partial charge in [-0.1, -0.05) is 13.8 Å². The summed E-state index contributed by atoms with van der Waals surface area (Å²) in [5.41, 5.74) is -0.598. The number of nitrogens with zero attached hydrogens (tertiary/aromatic N) is 2. The van der Waals surface area contributed by atoms with Crippen LogP contribution < -0.4 is 10.4 Å². The maximum Gasteiger partial charge on any atom is 0.495 e. The summed E-state index contributed by atoms with van der Waals surface area (Å²) in [6.45, 7) is 18.2. The van der Waals surface area contributed by atoms with Crippen LogP contribution in [0.4, 0.5) is 10.6 Å². The Morgan fingerprint density at radius 1 is 1.22 bits per heavy atom. The quantitative estimate of drug-likeness (QED) is 0.749. The zero-order valence-corrected chi connectivity index (χ0v) is 18.1. The van der Waals surface area contributed by atoms with Gasteiger partial charge in [0.15, 0.2) is 0 Å². The van der Waals surface area contributed by atoms with E-state index in [9.17, 15) is 4.79 Å². The van der Waals surface area contributed by atoms with Gasteiger partial charge in [0.05, 0.1) is 11.2 Å². The smallest absolute Gasteiger partial charge is 0.443 e. The van der Waals surface area contributed by atoms with Crippen LogP contribution in [0, 0.1) is 5.92 Å². The highest BCUT2D eigenvalue weighted by atomic mass is 16.7. The van der Waals surface area contributed by atoms with Gasteiger partial charge in [0, 0.05) is 12.7 Å². The molecular weight excluding hydrogens is 343 g/mol. The summed E-state index contributed by atoms with van der Waals surface area (Å²) in [6, 6.07) is 3.70. The molecule has 0 N–H and O–H groups in total. The van der Waals surface area contributed by atoms with E-state index in [1.807, 2.05) is 60.6 Å². The van der Waals surface area contributed by atoms with Crippen molar-refractivity contribution in [2.75, 3.05) is 11.4 Å². The van der Waals surface area contributed by atoms with Crippen LogP contribution in [0.1, 0.15) is 62.3 Å². The van der Waals surface area contributed by atoms with Crippen molar-refractivity contribution in [3.63, 3.8) is 0 Å². The minimum atomic E-state index is -0.574. The fourth-order valence-corrected chi connectivity index (χ4v) is 2.65. The number of pyridine rings is 1. The molecule has 0 aromatic carbocycles. The Balaban J connectivity index is 2.31. The van der Waals surface area contributed by atoms with Gasteiger partial charge in [0.1, 0.15) is 11.4 Å². The summed E-state index contributed by atoms with van der Waals surface area (Å²) >= 11 is 0. The third-order valence-electron chi connectivity index (χ3n) is 4.73. The molecule has 2 heterocycles. The van der Waals surface area contributed by atoms with Gasteiger partial charge in [-0.05, 0) is 72.0 Å². The molecular formula is C20H33BN2O4. The molecule has 1 saturated heterocycles. The van der Waals surface area contributed by atoms with Crippen molar-refractivity contribution in [1.82, 2.24) is 4.98 Å². The van der Waals surface area contributed by atoms with Gasteiger partial charge in [-0.3, -0.25) is 4.90 Å². The zero-order chi connectivity index (χ0) is 20.6. The van der Waals surface area contributed by atoms with Crippen molar-refractivity contribution in [1.29, 1.82) is 0 Å². The lowest BCUT2D eigenvalue weighted by atomic mass is 9.79. The molecule has 1 aromatic rings. The van der Waals surface area contributed by atoms with Gasteiger partial charge in [-0.25, -0.2) is 9.78 Å². The van der Waals surface area contributed by atoms with Crippen molar-refractivity contribution >= 4 is 24.5 Å². The molecule has 1 aliphatic heterocycles. The van der Waals surface area contributed by atoms with Crippen LogP contribution in [-0.4, -0.2) is 41.5 Å². The molecule has 0 bridgehead atoms. The minimum absolute atomic E-state index is 0.264. The molecule has 0 saturated carbocycles. The van der Waals surface area contributed by atoms with Gasteiger partial charge in [-0.2, -0.15) is 0 Å². The van der Waals surface area contributed by atoms with Crippen molar-refractivity contribution < 1.29 is 18.8 Å². The fraction of sp³-hybridized carbons (Fsp3) is 0.700. The summed E-state index contributed by atoms with van der Waals surface area (Å²) in [5.74, 6) is 0.796. The minimum Gasteiger partial charge on any atom is -0.443 e. The van der Waals surface area contributed by atoms with Gasteiger partial charge in [0.2, 0.25) is 0 Å². The van der Waals surface area contributed by atoms with E-state index in [1.165, 1.54) is 0 Å². The van der Waals surface area contributed by atoms with Crippen LogP contribution in [0.2, 0.25) is 0 Å². The van der Waals surface area contributed by atoms with Gasteiger partial charge < -0.3 is 14.0 Å². The predicted octanol–water partition coefficient (Wildman–Crippen LogP) is 3.78. The maximum atomic E-state index is 12.7. The van der Waals surface area contributed by atoms with Gasteiger partial charge in [-0.15, -0.1) is 0 Å². The summed E-state index contributed by atoms with van der Waals surface area (Å²) in [7, 11) is -0.503. The number of carbonyl (C=O) groups excluding carboxylic acids is 1. The second kappa shape index (κ2) is 7.43. The molecule has 1 aromatic heterocycles. The SMILES string of the molecule is CC(C)CN(C(=O)OC(C)(C)C)c1cc(B2OC(C)(C)C(C)(C)O2)ccn1. The summed E-state index contributed by atoms with van der Waals surface area (Å²) < 4.78 is 17.8. The number of carbonyl (C=O) groups is 1. The average Bonchev–Trinajstić information content (AvgIpc) is 2.71. The number of amides is 1. The summed E-state index contributed by atoms with van der Waals surface area (Å²) in [4.78, 5) is 18.7. The lowest BCUT2D eigenvalue weighted by molar-refractivity contribution is 0.00578. The molecule has 0 atom stereocenters. The highest BCUT2D eigenvalue weighted by Crippen LogP contribution is 2.36. The molecule has 0 spiro atoms. The van der Waals surface area contributed by atoms with E-state index in [0.717, 1.165) is 5.46 Å². The van der Waals surface area contributed by atoms with E-state index in [4.69, 9.17) is 14.0 Å². The van der Waals surface area contributed by atoms with E-state index < -0.39 is 30.0 Å². The number of anilines is 1. The highest BCUT2D eigenvalue weighted by Gasteiger charge is 2.51. The van der Waals surface area contributed by atoms with Crippen molar-refractivity contribution in [2.24, 2.45) is 5.92 Å². The molecule has 1 amide bonds. The molecule has 150 valence electrons. The molecule has 6 nitrogen and oxygen atoms in total. The van der Waals surface area contributed by atoms with Crippen molar-refractivity contribution in [2.45, 2.75) is 79.1 Å². The lowest BCUT2D eigenvalue weighted by Gasteiger charge is -2.32. The first kappa shape index (κ1) is 21.7. The zero-order valence-electron chi connectivity index (χ0n) is 18.1. The second-order valence-electron chi connectivity index (χ2n) is 9.52.